The van der Waals surface area contributed by atoms with Crippen molar-refractivity contribution < 1.29 is 13.9 Å². The maximum atomic E-state index is 13.1. The average molecular weight is 295 g/mol. The fourth-order valence-electron chi connectivity index (χ4n) is 1.76. The Kier molecular flexibility index (Phi) is 4.98. The van der Waals surface area contributed by atoms with Gasteiger partial charge in [-0.25, -0.2) is 8.78 Å². The molecular formula is C15H15F2NOS. The van der Waals surface area contributed by atoms with Crippen LogP contribution in [-0.4, -0.2) is 17.9 Å². The van der Waals surface area contributed by atoms with E-state index < -0.39 is 17.7 Å². The SMILES string of the molecule is CSc1ccc(NCC(O)c2ccc(F)c(F)c2)cc1. The first-order valence-corrected chi connectivity index (χ1v) is 7.33. The molecule has 5 heteroatoms. The summed E-state index contributed by atoms with van der Waals surface area (Å²) in [6.45, 7) is 0.226. The zero-order valence-corrected chi connectivity index (χ0v) is 11.8. The van der Waals surface area contributed by atoms with Crippen LogP contribution < -0.4 is 5.32 Å². The fraction of sp³-hybridized carbons (Fsp3) is 0.200. The Labute approximate surface area is 120 Å². The second-order valence-corrected chi connectivity index (χ2v) is 5.18. The van der Waals surface area contributed by atoms with Gasteiger partial charge < -0.3 is 10.4 Å². The number of hydrogen-bond donors (Lipinski definition) is 2. The molecule has 0 aliphatic rings. The molecule has 1 atom stereocenters. The molecule has 0 aliphatic carbocycles. The molecule has 0 radical (unpaired) electrons. The van der Waals surface area contributed by atoms with Gasteiger partial charge in [0.05, 0.1) is 6.10 Å². The zero-order chi connectivity index (χ0) is 14.5. The maximum Gasteiger partial charge on any atom is 0.159 e. The summed E-state index contributed by atoms with van der Waals surface area (Å²) in [5.41, 5.74) is 1.21. The molecule has 0 saturated heterocycles. The number of nitrogens with one attached hydrogen (secondary N) is 1. The van der Waals surface area contributed by atoms with Crippen LogP contribution in [0.5, 0.6) is 0 Å². The standard InChI is InChI=1S/C15H15F2NOS/c1-20-12-5-3-11(4-6-12)18-9-15(19)10-2-7-13(16)14(17)8-10/h2-8,15,18-19H,9H2,1H3. The summed E-state index contributed by atoms with van der Waals surface area (Å²) in [6, 6.07) is 11.2. The lowest BCUT2D eigenvalue weighted by atomic mass is 10.1. The van der Waals surface area contributed by atoms with Crippen LogP contribution in [0.2, 0.25) is 0 Å². The molecule has 0 aliphatic heterocycles. The predicted octanol–water partition coefficient (Wildman–Crippen LogP) is 3.83. The minimum absolute atomic E-state index is 0.226. The van der Waals surface area contributed by atoms with Crippen molar-refractivity contribution in [2.75, 3.05) is 18.1 Å². The van der Waals surface area contributed by atoms with E-state index in [0.29, 0.717) is 5.56 Å². The van der Waals surface area contributed by atoms with Crippen LogP contribution in [0.1, 0.15) is 11.7 Å². The van der Waals surface area contributed by atoms with Crippen LogP contribution in [0.4, 0.5) is 14.5 Å². The van der Waals surface area contributed by atoms with Gasteiger partial charge in [-0.3, -0.25) is 0 Å². The van der Waals surface area contributed by atoms with Gasteiger partial charge in [0.1, 0.15) is 0 Å². The zero-order valence-electron chi connectivity index (χ0n) is 10.9. The van der Waals surface area contributed by atoms with Gasteiger partial charge in [0.2, 0.25) is 0 Å². The molecule has 0 fully saturated rings. The number of aliphatic hydroxyl groups is 1. The molecule has 1 unspecified atom stereocenters. The highest BCUT2D eigenvalue weighted by atomic mass is 32.2. The summed E-state index contributed by atoms with van der Waals surface area (Å²) in [6.07, 6.45) is 1.10. The number of hydrogen-bond acceptors (Lipinski definition) is 3. The highest BCUT2D eigenvalue weighted by Gasteiger charge is 2.10. The van der Waals surface area contributed by atoms with Gasteiger partial charge in [0.15, 0.2) is 11.6 Å². The van der Waals surface area contributed by atoms with Crippen molar-refractivity contribution in [3.63, 3.8) is 0 Å². The topological polar surface area (TPSA) is 32.3 Å². The van der Waals surface area contributed by atoms with Gasteiger partial charge in [0, 0.05) is 17.1 Å². The molecule has 0 amide bonds. The van der Waals surface area contributed by atoms with E-state index in [1.54, 1.807) is 11.8 Å². The molecule has 0 bridgehead atoms. The molecule has 2 rings (SSSR count). The highest BCUT2D eigenvalue weighted by molar-refractivity contribution is 7.98. The number of thioether (sulfide) groups is 1. The van der Waals surface area contributed by atoms with Crippen LogP contribution in [0.25, 0.3) is 0 Å². The molecule has 2 aromatic rings. The number of halogens is 2. The van der Waals surface area contributed by atoms with Gasteiger partial charge in [-0.2, -0.15) is 0 Å². The van der Waals surface area contributed by atoms with Gasteiger partial charge >= 0.3 is 0 Å². The fourth-order valence-corrected chi connectivity index (χ4v) is 2.17. The third-order valence-corrected chi connectivity index (χ3v) is 3.66. The Bertz CT molecular complexity index is 575. The van der Waals surface area contributed by atoms with E-state index in [2.05, 4.69) is 5.32 Å². The van der Waals surface area contributed by atoms with Crippen molar-refractivity contribution in [3.05, 3.63) is 59.7 Å². The largest absolute Gasteiger partial charge is 0.387 e. The molecular weight excluding hydrogens is 280 g/mol. The lowest BCUT2D eigenvalue weighted by Gasteiger charge is -2.13. The van der Waals surface area contributed by atoms with Gasteiger partial charge in [0.25, 0.3) is 0 Å². The third kappa shape index (κ3) is 3.71. The Balaban J connectivity index is 1.96. The molecule has 0 spiro atoms. The normalized spacial score (nSPS) is 12.2. The summed E-state index contributed by atoms with van der Waals surface area (Å²) >= 11 is 1.65. The minimum Gasteiger partial charge on any atom is -0.387 e. The van der Waals surface area contributed by atoms with Gasteiger partial charge in [-0.1, -0.05) is 6.07 Å². The third-order valence-electron chi connectivity index (χ3n) is 2.92. The lowest BCUT2D eigenvalue weighted by Crippen LogP contribution is -2.12. The molecule has 0 heterocycles. The summed E-state index contributed by atoms with van der Waals surface area (Å²) in [5.74, 6) is -1.87. The monoisotopic (exact) mass is 295 g/mol. The first-order chi connectivity index (χ1) is 9.60. The van der Waals surface area contributed by atoms with Gasteiger partial charge in [-0.05, 0) is 48.2 Å². The first-order valence-electron chi connectivity index (χ1n) is 6.11. The van der Waals surface area contributed by atoms with Crippen LogP contribution in [-0.2, 0) is 0 Å². The second kappa shape index (κ2) is 6.72. The summed E-state index contributed by atoms with van der Waals surface area (Å²) < 4.78 is 25.9. The van der Waals surface area contributed by atoms with Crippen molar-refractivity contribution in [2.24, 2.45) is 0 Å². The van der Waals surface area contributed by atoms with E-state index >= 15 is 0 Å². The van der Waals surface area contributed by atoms with Crippen molar-refractivity contribution in [2.45, 2.75) is 11.0 Å². The Morgan fingerprint density at radius 1 is 1.10 bits per heavy atom. The van der Waals surface area contributed by atoms with Crippen molar-refractivity contribution >= 4 is 17.4 Å². The van der Waals surface area contributed by atoms with Crippen LogP contribution in [0, 0.1) is 11.6 Å². The quantitative estimate of drug-likeness (QED) is 0.822. The van der Waals surface area contributed by atoms with Crippen LogP contribution in [0.15, 0.2) is 47.4 Å². The van der Waals surface area contributed by atoms with E-state index in [9.17, 15) is 13.9 Å². The van der Waals surface area contributed by atoms with E-state index in [0.717, 1.165) is 22.7 Å². The molecule has 106 valence electrons. The summed E-state index contributed by atoms with van der Waals surface area (Å²) in [7, 11) is 0. The summed E-state index contributed by atoms with van der Waals surface area (Å²) in [4.78, 5) is 1.15. The van der Waals surface area contributed by atoms with Crippen molar-refractivity contribution in [3.8, 4) is 0 Å². The van der Waals surface area contributed by atoms with Crippen LogP contribution in [0.3, 0.4) is 0 Å². The highest BCUT2D eigenvalue weighted by Crippen LogP contribution is 2.20. The molecule has 0 aromatic heterocycles. The van der Waals surface area contributed by atoms with Gasteiger partial charge in [-0.15, -0.1) is 11.8 Å². The van der Waals surface area contributed by atoms with E-state index in [4.69, 9.17) is 0 Å². The molecule has 2 nitrogen and oxygen atoms in total. The Hall–Kier alpha value is -1.59. The summed E-state index contributed by atoms with van der Waals surface area (Å²) in [5, 5.41) is 13.0. The predicted molar refractivity (Wildman–Crippen MR) is 78.0 cm³/mol. The maximum absolute atomic E-state index is 13.1. The number of aliphatic hydroxyl groups excluding tert-OH is 1. The Morgan fingerprint density at radius 3 is 2.40 bits per heavy atom. The Morgan fingerprint density at radius 2 is 1.80 bits per heavy atom. The minimum atomic E-state index is -0.953. The lowest BCUT2D eigenvalue weighted by molar-refractivity contribution is 0.191. The second-order valence-electron chi connectivity index (χ2n) is 4.30. The number of benzene rings is 2. The molecule has 2 N–H and O–H groups in total. The number of rotatable bonds is 5. The molecule has 20 heavy (non-hydrogen) atoms. The van der Waals surface area contributed by atoms with Crippen molar-refractivity contribution in [1.82, 2.24) is 0 Å². The smallest absolute Gasteiger partial charge is 0.159 e. The average Bonchev–Trinajstić information content (AvgIpc) is 2.48. The number of anilines is 1. The van der Waals surface area contributed by atoms with E-state index in [1.165, 1.54) is 6.07 Å². The molecule has 2 aromatic carbocycles. The van der Waals surface area contributed by atoms with Crippen molar-refractivity contribution in [1.29, 1.82) is 0 Å². The first kappa shape index (κ1) is 14.8. The van der Waals surface area contributed by atoms with E-state index in [-0.39, 0.29) is 6.54 Å². The van der Waals surface area contributed by atoms with E-state index in [1.807, 2.05) is 30.5 Å². The molecule has 0 saturated carbocycles. The van der Waals surface area contributed by atoms with Crippen LogP contribution >= 0.6 is 11.8 Å².